The summed E-state index contributed by atoms with van der Waals surface area (Å²) in [4.78, 5) is 7.79. The van der Waals surface area contributed by atoms with E-state index in [1.807, 2.05) is 21.0 Å². The van der Waals surface area contributed by atoms with Crippen molar-refractivity contribution in [3.8, 4) is 0 Å². The van der Waals surface area contributed by atoms with Crippen LogP contribution in [0.2, 0.25) is 0 Å². The Morgan fingerprint density at radius 1 is 1.04 bits per heavy atom. The van der Waals surface area contributed by atoms with Crippen LogP contribution in [-0.4, -0.2) is 87.3 Å². The Balaban J connectivity index is 0.00000139. The van der Waals surface area contributed by atoms with Gasteiger partial charge in [0.05, 0.1) is 6.61 Å². The number of likely N-dealkylation sites (tertiary alicyclic amines) is 1. The first kappa shape index (κ1) is 21.9. The maximum atomic E-state index is 5.47. The molecular formula is C20H43N3O. The molecular weight excluding hydrogens is 298 g/mol. The van der Waals surface area contributed by atoms with Gasteiger partial charge in [0, 0.05) is 39.3 Å². The molecule has 2 saturated heterocycles. The van der Waals surface area contributed by atoms with Crippen LogP contribution in [0, 0.1) is 11.8 Å². The zero-order valence-electron chi connectivity index (χ0n) is 17.3. The Bertz CT molecular complexity index is 303. The van der Waals surface area contributed by atoms with Gasteiger partial charge in [-0.2, -0.15) is 0 Å². The van der Waals surface area contributed by atoms with Gasteiger partial charge in [-0.1, -0.05) is 27.7 Å². The van der Waals surface area contributed by atoms with Crippen LogP contribution in [0.1, 0.15) is 47.0 Å². The third kappa shape index (κ3) is 7.81. The molecule has 0 radical (unpaired) electrons. The molecule has 0 aromatic rings. The summed E-state index contributed by atoms with van der Waals surface area (Å²) < 4.78 is 5.47. The van der Waals surface area contributed by atoms with Crippen molar-refractivity contribution in [1.29, 1.82) is 0 Å². The van der Waals surface area contributed by atoms with Crippen LogP contribution in [0.25, 0.3) is 0 Å². The predicted octanol–water partition coefficient (Wildman–Crippen LogP) is 3.03. The Morgan fingerprint density at radius 2 is 1.71 bits per heavy atom. The molecule has 0 bridgehead atoms. The molecule has 144 valence electrons. The van der Waals surface area contributed by atoms with Crippen molar-refractivity contribution in [2.24, 2.45) is 11.8 Å². The van der Waals surface area contributed by atoms with Gasteiger partial charge in [0.2, 0.25) is 0 Å². The van der Waals surface area contributed by atoms with Crippen LogP contribution in [0.15, 0.2) is 0 Å². The molecule has 24 heavy (non-hydrogen) atoms. The summed E-state index contributed by atoms with van der Waals surface area (Å²) in [5, 5.41) is 0. The number of piperazine rings is 1. The predicted molar refractivity (Wildman–Crippen MR) is 105 cm³/mol. The first-order chi connectivity index (χ1) is 11.6. The normalized spacial score (nSPS) is 24.9. The Labute approximate surface area is 151 Å². The Morgan fingerprint density at radius 3 is 2.29 bits per heavy atom. The largest absolute Gasteiger partial charge is 0.383 e. The van der Waals surface area contributed by atoms with Gasteiger partial charge in [-0.05, 0) is 57.8 Å². The molecule has 0 N–H and O–H groups in total. The number of methoxy groups -OCH3 is 1. The van der Waals surface area contributed by atoms with Gasteiger partial charge in [0.25, 0.3) is 0 Å². The molecule has 0 aromatic heterocycles. The standard InChI is InChI=1S/C18H37N3O.C2H6/c1-16(2)13-21-12-11-20(14-18(21)15-22-4)10-7-17-5-8-19(3)9-6-17;1-2/h16-18H,5-15H2,1-4H3;1-2H3. The lowest BCUT2D eigenvalue weighted by Crippen LogP contribution is -2.55. The van der Waals surface area contributed by atoms with Crippen LogP contribution >= 0.6 is 0 Å². The Hall–Kier alpha value is -0.160. The highest BCUT2D eigenvalue weighted by Crippen LogP contribution is 2.21. The molecule has 4 nitrogen and oxygen atoms in total. The molecule has 0 aliphatic carbocycles. The monoisotopic (exact) mass is 341 g/mol. The fourth-order valence-electron chi connectivity index (χ4n) is 3.94. The lowest BCUT2D eigenvalue weighted by molar-refractivity contribution is 0.0166. The van der Waals surface area contributed by atoms with Gasteiger partial charge in [0.15, 0.2) is 0 Å². The van der Waals surface area contributed by atoms with Gasteiger partial charge in [-0.15, -0.1) is 0 Å². The second kappa shape index (κ2) is 12.2. The van der Waals surface area contributed by atoms with Crippen molar-refractivity contribution < 1.29 is 4.74 Å². The molecule has 4 heteroatoms. The number of ether oxygens (including phenoxy) is 1. The molecule has 2 aliphatic heterocycles. The van der Waals surface area contributed by atoms with Gasteiger partial charge in [-0.3, -0.25) is 4.90 Å². The molecule has 2 rings (SSSR count). The number of piperidine rings is 1. The smallest absolute Gasteiger partial charge is 0.0630 e. The van der Waals surface area contributed by atoms with E-state index in [2.05, 4.69) is 35.6 Å². The van der Waals surface area contributed by atoms with Crippen molar-refractivity contribution >= 4 is 0 Å². The third-order valence-electron chi connectivity index (χ3n) is 5.34. The third-order valence-corrected chi connectivity index (χ3v) is 5.34. The minimum atomic E-state index is 0.582. The fraction of sp³-hybridized carbons (Fsp3) is 1.00. The van der Waals surface area contributed by atoms with E-state index < -0.39 is 0 Å². The first-order valence-corrected chi connectivity index (χ1v) is 10.2. The number of hydrogen-bond acceptors (Lipinski definition) is 4. The summed E-state index contributed by atoms with van der Waals surface area (Å²) in [6, 6.07) is 0.582. The van der Waals surface area contributed by atoms with E-state index >= 15 is 0 Å². The molecule has 0 saturated carbocycles. The summed E-state index contributed by atoms with van der Waals surface area (Å²) in [6.45, 7) is 18.2. The quantitative estimate of drug-likeness (QED) is 0.708. The summed E-state index contributed by atoms with van der Waals surface area (Å²) >= 11 is 0. The molecule has 0 amide bonds. The summed E-state index contributed by atoms with van der Waals surface area (Å²) in [6.07, 6.45) is 4.17. The highest BCUT2D eigenvalue weighted by molar-refractivity contribution is 4.83. The average Bonchev–Trinajstić information content (AvgIpc) is 2.58. The van der Waals surface area contributed by atoms with Crippen molar-refractivity contribution in [2.75, 3.05) is 66.6 Å². The average molecular weight is 342 g/mol. The number of hydrogen-bond donors (Lipinski definition) is 0. The molecule has 1 unspecified atom stereocenters. The topological polar surface area (TPSA) is 19.0 Å². The molecule has 2 aliphatic rings. The zero-order chi connectivity index (χ0) is 17.9. The van der Waals surface area contributed by atoms with Gasteiger partial charge < -0.3 is 14.5 Å². The van der Waals surface area contributed by atoms with Gasteiger partial charge >= 0.3 is 0 Å². The van der Waals surface area contributed by atoms with E-state index in [1.165, 1.54) is 65.1 Å². The van der Waals surface area contributed by atoms with Crippen molar-refractivity contribution in [3.05, 3.63) is 0 Å². The summed E-state index contributed by atoms with van der Waals surface area (Å²) in [5.41, 5.74) is 0. The zero-order valence-corrected chi connectivity index (χ0v) is 17.3. The minimum absolute atomic E-state index is 0.582. The van der Waals surface area contributed by atoms with E-state index in [1.54, 1.807) is 0 Å². The Kier molecular flexibility index (Phi) is 11.2. The molecule has 0 spiro atoms. The van der Waals surface area contributed by atoms with E-state index in [4.69, 9.17) is 4.74 Å². The lowest BCUT2D eigenvalue weighted by atomic mass is 9.93. The van der Waals surface area contributed by atoms with Crippen LogP contribution in [0.3, 0.4) is 0 Å². The van der Waals surface area contributed by atoms with Crippen LogP contribution < -0.4 is 0 Å². The maximum Gasteiger partial charge on any atom is 0.0630 e. The van der Waals surface area contributed by atoms with Crippen molar-refractivity contribution in [3.63, 3.8) is 0 Å². The molecule has 2 fully saturated rings. The van der Waals surface area contributed by atoms with Crippen molar-refractivity contribution in [2.45, 2.75) is 53.0 Å². The van der Waals surface area contributed by atoms with Crippen molar-refractivity contribution in [1.82, 2.24) is 14.7 Å². The van der Waals surface area contributed by atoms with Gasteiger partial charge in [0.1, 0.15) is 0 Å². The summed E-state index contributed by atoms with van der Waals surface area (Å²) in [7, 11) is 4.09. The van der Waals surface area contributed by atoms with Crippen LogP contribution in [-0.2, 0) is 4.74 Å². The number of nitrogens with zero attached hydrogens (tertiary/aromatic N) is 3. The SMILES string of the molecule is CC.COCC1CN(CCC2CCN(C)CC2)CCN1CC(C)C. The van der Waals surface area contributed by atoms with Gasteiger partial charge in [-0.25, -0.2) is 0 Å². The number of rotatable bonds is 7. The lowest BCUT2D eigenvalue weighted by Gasteiger charge is -2.42. The van der Waals surface area contributed by atoms with E-state index in [0.717, 1.165) is 18.4 Å². The molecule has 1 atom stereocenters. The summed E-state index contributed by atoms with van der Waals surface area (Å²) in [5.74, 6) is 1.69. The van der Waals surface area contributed by atoms with E-state index in [-0.39, 0.29) is 0 Å². The first-order valence-electron chi connectivity index (χ1n) is 10.2. The fourth-order valence-corrected chi connectivity index (χ4v) is 3.94. The highest BCUT2D eigenvalue weighted by Gasteiger charge is 2.27. The second-order valence-corrected chi connectivity index (χ2v) is 7.83. The van der Waals surface area contributed by atoms with E-state index in [9.17, 15) is 0 Å². The van der Waals surface area contributed by atoms with Crippen LogP contribution in [0.5, 0.6) is 0 Å². The second-order valence-electron chi connectivity index (χ2n) is 7.83. The highest BCUT2D eigenvalue weighted by atomic mass is 16.5. The van der Waals surface area contributed by atoms with Crippen LogP contribution in [0.4, 0.5) is 0 Å². The molecule has 0 aromatic carbocycles. The molecule has 2 heterocycles. The maximum absolute atomic E-state index is 5.47. The minimum Gasteiger partial charge on any atom is -0.383 e. The van der Waals surface area contributed by atoms with E-state index in [0.29, 0.717) is 6.04 Å².